The van der Waals surface area contributed by atoms with E-state index in [1.54, 1.807) is 42.5 Å². The summed E-state index contributed by atoms with van der Waals surface area (Å²) in [6, 6.07) is 12.0. The number of hydrogen-bond donors (Lipinski definition) is 2. The zero-order valence-electron chi connectivity index (χ0n) is 13.7. The predicted molar refractivity (Wildman–Crippen MR) is 103 cm³/mol. The number of thiazole rings is 1. The summed E-state index contributed by atoms with van der Waals surface area (Å²) in [6.07, 6.45) is -0.185. The normalized spacial score (nSPS) is 10.5. The van der Waals surface area contributed by atoms with Crippen molar-refractivity contribution in [1.82, 2.24) is 4.98 Å². The van der Waals surface area contributed by atoms with E-state index < -0.39 is 5.91 Å². The lowest BCUT2D eigenvalue weighted by Gasteiger charge is -2.06. The van der Waals surface area contributed by atoms with Gasteiger partial charge in [-0.05, 0) is 37.3 Å². The summed E-state index contributed by atoms with van der Waals surface area (Å²) in [5.74, 6) is -0.925. The van der Waals surface area contributed by atoms with Crippen LogP contribution in [0.5, 0.6) is 0 Å². The standard InChI is InChI=1S/C18H14ClN3O3S/c1-10(23)8-16(24)22-18-21-14-7-6-11(9-15(14)26-18)20-17(25)12-4-2-3-5-13(12)19/h2-7,9H,8H2,1H3,(H,20,25)(H,21,22,24). The van der Waals surface area contributed by atoms with E-state index in [9.17, 15) is 14.4 Å². The van der Waals surface area contributed by atoms with Gasteiger partial charge in [0.05, 0.1) is 27.2 Å². The van der Waals surface area contributed by atoms with Gasteiger partial charge in [-0.25, -0.2) is 4.98 Å². The Morgan fingerprint density at radius 1 is 1.12 bits per heavy atom. The van der Waals surface area contributed by atoms with Gasteiger partial charge in [0.15, 0.2) is 5.13 Å². The molecule has 0 fully saturated rings. The maximum absolute atomic E-state index is 12.3. The van der Waals surface area contributed by atoms with Crippen molar-refractivity contribution in [2.24, 2.45) is 0 Å². The number of anilines is 2. The van der Waals surface area contributed by atoms with E-state index >= 15 is 0 Å². The Morgan fingerprint density at radius 2 is 1.88 bits per heavy atom. The molecule has 0 unspecified atom stereocenters. The summed E-state index contributed by atoms with van der Waals surface area (Å²) in [4.78, 5) is 39.3. The molecule has 132 valence electrons. The molecule has 1 aromatic heterocycles. The van der Waals surface area contributed by atoms with Gasteiger partial charge in [-0.3, -0.25) is 14.4 Å². The number of carbonyl (C=O) groups excluding carboxylic acids is 3. The number of nitrogens with one attached hydrogen (secondary N) is 2. The van der Waals surface area contributed by atoms with Crippen molar-refractivity contribution in [1.29, 1.82) is 0 Å². The molecule has 0 atom stereocenters. The zero-order valence-corrected chi connectivity index (χ0v) is 15.3. The van der Waals surface area contributed by atoms with E-state index in [0.717, 1.165) is 4.70 Å². The zero-order chi connectivity index (χ0) is 18.7. The second-order valence-corrected chi connectivity index (χ2v) is 7.00. The van der Waals surface area contributed by atoms with Gasteiger partial charge in [0.25, 0.3) is 5.91 Å². The first-order valence-corrected chi connectivity index (χ1v) is 8.87. The molecule has 0 aliphatic heterocycles. The summed E-state index contributed by atoms with van der Waals surface area (Å²) in [6.45, 7) is 1.35. The fourth-order valence-electron chi connectivity index (χ4n) is 2.29. The first-order valence-electron chi connectivity index (χ1n) is 7.68. The summed E-state index contributed by atoms with van der Waals surface area (Å²) in [5, 5.41) is 6.17. The molecular formula is C18H14ClN3O3S. The Morgan fingerprint density at radius 3 is 2.62 bits per heavy atom. The third kappa shape index (κ3) is 4.25. The molecule has 3 rings (SSSR count). The fourth-order valence-corrected chi connectivity index (χ4v) is 3.43. The van der Waals surface area contributed by atoms with Crippen LogP contribution in [0.2, 0.25) is 5.02 Å². The Bertz CT molecular complexity index is 1020. The van der Waals surface area contributed by atoms with Crippen LogP contribution in [0.3, 0.4) is 0 Å². The topological polar surface area (TPSA) is 88.2 Å². The first kappa shape index (κ1) is 18.0. The van der Waals surface area contributed by atoms with Crippen molar-refractivity contribution in [3.05, 3.63) is 53.1 Å². The van der Waals surface area contributed by atoms with Crippen LogP contribution in [-0.2, 0) is 9.59 Å². The fraction of sp³-hybridized carbons (Fsp3) is 0.111. The van der Waals surface area contributed by atoms with Crippen molar-refractivity contribution in [2.45, 2.75) is 13.3 Å². The number of amides is 2. The lowest BCUT2D eigenvalue weighted by Crippen LogP contribution is -2.14. The number of ketones is 1. The Balaban J connectivity index is 1.77. The van der Waals surface area contributed by atoms with Crippen LogP contribution >= 0.6 is 22.9 Å². The van der Waals surface area contributed by atoms with Gasteiger partial charge in [0.1, 0.15) is 5.78 Å². The van der Waals surface area contributed by atoms with E-state index in [0.29, 0.717) is 26.9 Å². The van der Waals surface area contributed by atoms with Crippen molar-refractivity contribution >= 4 is 61.6 Å². The lowest BCUT2D eigenvalue weighted by molar-refractivity contribution is -0.124. The maximum Gasteiger partial charge on any atom is 0.257 e. The van der Waals surface area contributed by atoms with E-state index in [4.69, 9.17) is 11.6 Å². The Kier molecular flexibility index (Phi) is 5.29. The van der Waals surface area contributed by atoms with Crippen LogP contribution in [0.15, 0.2) is 42.5 Å². The second kappa shape index (κ2) is 7.63. The van der Waals surface area contributed by atoms with Crippen molar-refractivity contribution in [3.8, 4) is 0 Å². The molecule has 26 heavy (non-hydrogen) atoms. The highest BCUT2D eigenvalue weighted by atomic mass is 35.5. The number of rotatable bonds is 5. The molecule has 0 saturated heterocycles. The van der Waals surface area contributed by atoms with Gasteiger partial charge in [0.2, 0.25) is 5.91 Å². The van der Waals surface area contributed by atoms with Gasteiger partial charge >= 0.3 is 0 Å². The number of nitrogens with zero attached hydrogens (tertiary/aromatic N) is 1. The van der Waals surface area contributed by atoms with Gasteiger partial charge in [-0.1, -0.05) is 35.1 Å². The number of aromatic nitrogens is 1. The highest BCUT2D eigenvalue weighted by Gasteiger charge is 2.12. The monoisotopic (exact) mass is 387 g/mol. The molecule has 0 aliphatic rings. The largest absolute Gasteiger partial charge is 0.322 e. The highest BCUT2D eigenvalue weighted by Crippen LogP contribution is 2.29. The van der Waals surface area contributed by atoms with Crippen LogP contribution < -0.4 is 10.6 Å². The molecule has 0 aliphatic carbocycles. The molecule has 1 heterocycles. The van der Waals surface area contributed by atoms with Gasteiger partial charge in [-0.15, -0.1) is 0 Å². The van der Waals surface area contributed by atoms with Crippen LogP contribution in [0.1, 0.15) is 23.7 Å². The van der Waals surface area contributed by atoms with E-state index in [-0.39, 0.29) is 18.1 Å². The molecule has 2 N–H and O–H groups in total. The van der Waals surface area contributed by atoms with Crippen molar-refractivity contribution in [2.75, 3.05) is 10.6 Å². The van der Waals surface area contributed by atoms with Crippen LogP contribution in [0, 0.1) is 0 Å². The highest BCUT2D eigenvalue weighted by molar-refractivity contribution is 7.22. The molecule has 2 aromatic carbocycles. The quantitative estimate of drug-likeness (QED) is 0.644. The van der Waals surface area contributed by atoms with Gasteiger partial charge in [0, 0.05) is 5.69 Å². The molecule has 3 aromatic rings. The number of benzene rings is 2. The van der Waals surface area contributed by atoms with Crippen molar-refractivity contribution < 1.29 is 14.4 Å². The average molecular weight is 388 g/mol. The Hall–Kier alpha value is -2.77. The minimum atomic E-state index is -0.399. The Labute approximate surface area is 158 Å². The predicted octanol–water partition coefficient (Wildman–Crippen LogP) is 4.12. The molecule has 8 heteroatoms. The van der Waals surface area contributed by atoms with E-state index in [1.807, 2.05) is 0 Å². The third-order valence-electron chi connectivity index (χ3n) is 3.42. The van der Waals surface area contributed by atoms with Crippen LogP contribution in [0.25, 0.3) is 10.2 Å². The van der Waals surface area contributed by atoms with Crippen LogP contribution in [0.4, 0.5) is 10.8 Å². The van der Waals surface area contributed by atoms with Gasteiger partial charge in [-0.2, -0.15) is 0 Å². The summed E-state index contributed by atoms with van der Waals surface area (Å²) < 4.78 is 0.792. The minimum absolute atomic E-state index is 0.185. The minimum Gasteiger partial charge on any atom is -0.322 e. The number of halogens is 1. The molecule has 6 nitrogen and oxygen atoms in total. The molecule has 0 bridgehead atoms. The number of hydrogen-bond acceptors (Lipinski definition) is 5. The number of Topliss-reactive ketones (excluding diaryl/α,β-unsaturated/α-hetero) is 1. The SMILES string of the molecule is CC(=O)CC(=O)Nc1nc2ccc(NC(=O)c3ccccc3Cl)cc2s1. The molecular weight excluding hydrogens is 374 g/mol. The van der Waals surface area contributed by atoms with E-state index in [2.05, 4.69) is 15.6 Å². The molecule has 0 radical (unpaired) electrons. The first-order chi connectivity index (χ1) is 12.4. The van der Waals surface area contributed by atoms with E-state index in [1.165, 1.54) is 18.3 Å². The van der Waals surface area contributed by atoms with Crippen molar-refractivity contribution in [3.63, 3.8) is 0 Å². The second-order valence-electron chi connectivity index (χ2n) is 5.56. The number of fused-ring (bicyclic) bond motifs is 1. The average Bonchev–Trinajstić information content (AvgIpc) is 2.95. The summed E-state index contributed by atoms with van der Waals surface area (Å²) in [7, 11) is 0. The van der Waals surface area contributed by atoms with Crippen LogP contribution in [-0.4, -0.2) is 22.6 Å². The number of carbonyl (C=O) groups is 3. The lowest BCUT2D eigenvalue weighted by atomic mass is 10.2. The molecule has 0 saturated carbocycles. The summed E-state index contributed by atoms with van der Waals surface area (Å²) >= 11 is 7.30. The molecule has 0 spiro atoms. The smallest absolute Gasteiger partial charge is 0.257 e. The summed E-state index contributed by atoms with van der Waals surface area (Å²) in [5.41, 5.74) is 1.66. The third-order valence-corrected chi connectivity index (χ3v) is 4.68. The van der Waals surface area contributed by atoms with Gasteiger partial charge < -0.3 is 10.6 Å². The maximum atomic E-state index is 12.3. The molecule has 2 amide bonds.